The summed E-state index contributed by atoms with van der Waals surface area (Å²) in [5.41, 5.74) is 2.06. The van der Waals surface area contributed by atoms with Crippen molar-refractivity contribution in [1.29, 1.82) is 0 Å². The molecule has 0 spiro atoms. The number of hydrogen-bond acceptors (Lipinski definition) is 6. The topological polar surface area (TPSA) is 88.8 Å². The minimum Gasteiger partial charge on any atom is -0.444 e. The second kappa shape index (κ2) is 8.97. The number of rotatable bonds is 5. The molecule has 2 amide bonds. The van der Waals surface area contributed by atoms with Gasteiger partial charge in [-0.05, 0) is 57.7 Å². The Morgan fingerprint density at radius 3 is 2.58 bits per heavy atom. The van der Waals surface area contributed by atoms with E-state index >= 15 is 0 Å². The summed E-state index contributed by atoms with van der Waals surface area (Å²) in [5, 5.41) is 7.05. The van der Waals surface area contributed by atoms with Crippen molar-refractivity contribution in [2.75, 3.05) is 18.6 Å². The molecule has 0 saturated carbocycles. The van der Waals surface area contributed by atoms with Crippen LogP contribution in [0.1, 0.15) is 27.7 Å². The molecule has 2 aromatic heterocycles. The van der Waals surface area contributed by atoms with Crippen LogP contribution in [-0.2, 0) is 9.53 Å². The van der Waals surface area contributed by atoms with Crippen molar-refractivity contribution < 1.29 is 14.3 Å². The molecule has 31 heavy (non-hydrogen) atoms. The molecule has 0 aliphatic carbocycles. The Hall–Kier alpha value is -3.07. The van der Waals surface area contributed by atoms with Crippen molar-refractivity contribution in [1.82, 2.24) is 19.5 Å². The molecule has 1 N–H and O–H groups in total. The summed E-state index contributed by atoms with van der Waals surface area (Å²) >= 11 is 1.68. The number of aromatic nitrogens is 3. The molecule has 1 aromatic carbocycles. The maximum Gasteiger partial charge on any atom is 0.410 e. The third-order valence-electron chi connectivity index (χ3n) is 4.63. The van der Waals surface area contributed by atoms with Crippen LogP contribution in [0.4, 0.5) is 10.7 Å². The summed E-state index contributed by atoms with van der Waals surface area (Å²) in [5.74, 6) is -0.234. The van der Waals surface area contributed by atoms with Gasteiger partial charge in [-0.2, -0.15) is 4.98 Å². The van der Waals surface area contributed by atoms with Crippen LogP contribution in [0.5, 0.6) is 0 Å². The van der Waals surface area contributed by atoms with Crippen LogP contribution in [0, 0.1) is 0 Å². The molecule has 2 heterocycles. The van der Waals surface area contributed by atoms with Crippen molar-refractivity contribution in [3.8, 4) is 11.1 Å². The summed E-state index contributed by atoms with van der Waals surface area (Å²) in [6, 6.07) is 11.2. The van der Waals surface area contributed by atoms with E-state index in [1.54, 1.807) is 44.0 Å². The number of ether oxygens (including phenoxy) is 1. The number of thioether (sulfide) groups is 1. The third-order valence-corrected chi connectivity index (χ3v) is 5.42. The van der Waals surface area contributed by atoms with E-state index in [2.05, 4.69) is 27.5 Å². The molecule has 3 aromatic rings. The fourth-order valence-electron chi connectivity index (χ4n) is 2.86. The lowest BCUT2D eigenvalue weighted by Gasteiger charge is -2.27. The van der Waals surface area contributed by atoms with E-state index in [-0.39, 0.29) is 5.95 Å². The highest BCUT2D eigenvalue weighted by Crippen LogP contribution is 2.30. The van der Waals surface area contributed by atoms with Gasteiger partial charge in [-0.15, -0.1) is 16.9 Å². The molecule has 9 heteroatoms. The Morgan fingerprint density at radius 1 is 1.19 bits per heavy atom. The standard InChI is InChI=1S/C22H27N5O3S/c1-14(26(5)21(29)30-22(2,3)4)19(28)24-20-23-18-12-11-15(13-27(18)25-20)16-9-7-8-10-17(16)31-6/h7-14H,1-6H3,(H,24,25,28)/t14-/m0/s1. The molecule has 0 radical (unpaired) electrons. The molecule has 8 nitrogen and oxygen atoms in total. The van der Waals surface area contributed by atoms with Crippen molar-refractivity contribution in [2.45, 2.75) is 44.2 Å². The summed E-state index contributed by atoms with van der Waals surface area (Å²) in [6.45, 7) is 6.94. The van der Waals surface area contributed by atoms with Crippen LogP contribution in [0.15, 0.2) is 47.5 Å². The molecule has 0 aliphatic heterocycles. The van der Waals surface area contributed by atoms with Gasteiger partial charge in [0.1, 0.15) is 11.6 Å². The van der Waals surface area contributed by atoms with E-state index in [0.717, 1.165) is 16.0 Å². The zero-order valence-electron chi connectivity index (χ0n) is 18.5. The van der Waals surface area contributed by atoms with Gasteiger partial charge in [-0.1, -0.05) is 18.2 Å². The third kappa shape index (κ3) is 5.35. The Balaban J connectivity index is 1.76. The number of carbonyl (C=O) groups is 2. The van der Waals surface area contributed by atoms with Crippen LogP contribution in [0.25, 0.3) is 16.8 Å². The Bertz CT molecular complexity index is 1110. The molecule has 0 unspecified atom stereocenters. The number of hydrogen-bond donors (Lipinski definition) is 1. The SMILES string of the molecule is CSc1ccccc1-c1ccc2nc(NC(=O)[C@H](C)N(C)C(=O)OC(C)(C)C)nn2c1. The smallest absolute Gasteiger partial charge is 0.410 e. The molecule has 0 fully saturated rings. The van der Waals surface area contributed by atoms with Gasteiger partial charge in [0, 0.05) is 23.7 Å². The van der Waals surface area contributed by atoms with Crippen LogP contribution < -0.4 is 5.32 Å². The molecule has 0 saturated heterocycles. The van der Waals surface area contributed by atoms with Gasteiger partial charge in [0.2, 0.25) is 11.9 Å². The molecule has 0 bridgehead atoms. The summed E-state index contributed by atoms with van der Waals surface area (Å²) in [7, 11) is 1.52. The zero-order chi connectivity index (χ0) is 22.8. The van der Waals surface area contributed by atoms with Crippen molar-refractivity contribution in [3.05, 3.63) is 42.6 Å². The highest BCUT2D eigenvalue weighted by molar-refractivity contribution is 7.98. The number of nitrogens with zero attached hydrogens (tertiary/aromatic N) is 4. The van der Waals surface area contributed by atoms with Gasteiger partial charge < -0.3 is 4.74 Å². The highest BCUT2D eigenvalue weighted by atomic mass is 32.2. The molecule has 3 rings (SSSR count). The van der Waals surface area contributed by atoms with Gasteiger partial charge in [0.15, 0.2) is 5.65 Å². The minimum absolute atomic E-state index is 0.171. The Kier molecular flexibility index (Phi) is 6.54. The average Bonchev–Trinajstić information content (AvgIpc) is 3.12. The maximum atomic E-state index is 12.6. The second-order valence-corrected chi connectivity index (χ2v) is 8.96. The fraction of sp³-hybridized carbons (Fsp3) is 0.364. The lowest BCUT2D eigenvalue weighted by atomic mass is 10.1. The first-order valence-corrected chi connectivity index (χ1v) is 11.1. The van der Waals surface area contributed by atoms with Crippen molar-refractivity contribution >= 4 is 35.4 Å². The Morgan fingerprint density at radius 2 is 1.90 bits per heavy atom. The lowest BCUT2D eigenvalue weighted by molar-refractivity contribution is -0.120. The van der Waals surface area contributed by atoms with E-state index < -0.39 is 23.6 Å². The lowest BCUT2D eigenvalue weighted by Crippen LogP contribution is -2.45. The number of anilines is 1. The van der Waals surface area contributed by atoms with E-state index in [1.807, 2.05) is 36.7 Å². The fourth-order valence-corrected chi connectivity index (χ4v) is 3.48. The molecular weight excluding hydrogens is 414 g/mol. The van der Waals surface area contributed by atoms with Crippen LogP contribution in [0.3, 0.4) is 0 Å². The predicted molar refractivity (Wildman–Crippen MR) is 122 cm³/mol. The molecule has 1 atom stereocenters. The number of pyridine rings is 1. The average molecular weight is 442 g/mol. The van der Waals surface area contributed by atoms with E-state index in [4.69, 9.17) is 4.74 Å². The highest BCUT2D eigenvalue weighted by Gasteiger charge is 2.27. The molecule has 164 valence electrons. The largest absolute Gasteiger partial charge is 0.444 e. The summed E-state index contributed by atoms with van der Waals surface area (Å²) in [6.07, 6.45) is 3.34. The van der Waals surface area contributed by atoms with Gasteiger partial charge >= 0.3 is 6.09 Å². The minimum atomic E-state index is -0.759. The molecule has 0 aliphatic rings. The second-order valence-electron chi connectivity index (χ2n) is 8.11. The first-order valence-electron chi connectivity index (χ1n) is 9.85. The first-order chi connectivity index (χ1) is 14.6. The van der Waals surface area contributed by atoms with Crippen LogP contribution >= 0.6 is 11.8 Å². The van der Waals surface area contributed by atoms with Gasteiger partial charge in [0.05, 0.1) is 0 Å². The monoisotopic (exact) mass is 441 g/mol. The first kappa shape index (κ1) is 22.6. The predicted octanol–water partition coefficient (Wildman–Crippen LogP) is 4.31. The number of amides is 2. The number of fused-ring (bicyclic) bond motifs is 1. The van der Waals surface area contributed by atoms with E-state index in [9.17, 15) is 9.59 Å². The number of carbonyl (C=O) groups excluding carboxylic acids is 2. The van der Waals surface area contributed by atoms with Gasteiger partial charge in [0.25, 0.3) is 0 Å². The number of likely N-dealkylation sites (N-methyl/N-ethyl adjacent to an activating group) is 1. The van der Waals surface area contributed by atoms with Crippen molar-refractivity contribution in [2.24, 2.45) is 0 Å². The van der Waals surface area contributed by atoms with E-state index in [1.165, 1.54) is 11.9 Å². The van der Waals surface area contributed by atoms with Gasteiger partial charge in [-0.3, -0.25) is 15.0 Å². The van der Waals surface area contributed by atoms with Crippen LogP contribution in [0.2, 0.25) is 0 Å². The van der Waals surface area contributed by atoms with E-state index in [0.29, 0.717) is 5.65 Å². The number of nitrogens with one attached hydrogen (secondary N) is 1. The van der Waals surface area contributed by atoms with Crippen LogP contribution in [-0.4, -0.2) is 56.4 Å². The number of benzene rings is 1. The quantitative estimate of drug-likeness (QED) is 0.594. The van der Waals surface area contributed by atoms with Gasteiger partial charge in [-0.25, -0.2) is 9.31 Å². The normalized spacial score (nSPS) is 12.5. The maximum absolute atomic E-state index is 12.6. The summed E-state index contributed by atoms with van der Waals surface area (Å²) < 4.78 is 6.94. The molecular formula is C22H27N5O3S. The van der Waals surface area contributed by atoms with Crippen molar-refractivity contribution in [3.63, 3.8) is 0 Å². The Labute approximate surface area is 186 Å². The zero-order valence-corrected chi connectivity index (χ0v) is 19.4. The summed E-state index contributed by atoms with van der Waals surface area (Å²) in [4.78, 5) is 31.6.